The van der Waals surface area contributed by atoms with E-state index in [2.05, 4.69) is 35.8 Å². The molecule has 0 atom stereocenters. The van der Waals surface area contributed by atoms with Crippen molar-refractivity contribution in [3.05, 3.63) is 49.1 Å². The van der Waals surface area contributed by atoms with Gasteiger partial charge in [-0.1, -0.05) is 13.8 Å². The van der Waals surface area contributed by atoms with Crippen LogP contribution in [-0.4, -0.2) is 63.1 Å². The van der Waals surface area contributed by atoms with E-state index in [4.69, 9.17) is 10.1 Å². The van der Waals surface area contributed by atoms with Crippen LogP contribution in [0.15, 0.2) is 49.1 Å². The van der Waals surface area contributed by atoms with E-state index in [0.717, 1.165) is 37.6 Å². The molecule has 36 heavy (non-hydrogen) atoms. The van der Waals surface area contributed by atoms with Gasteiger partial charge in [-0.05, 0) is 23.6 Å². The number of carbonyl (C=O) groups is 2. The number of pyridine rings is 2. The van der Waals surface area contributed by atoms with Crippen LogP contribution in [0.5, 0.6) is 0 Å². The van der Waals surface area contributed by atoms with E-state index >= 15 is 0 Å². The fraction of sp³-hybridized carbons (Fsp3) is 0.360. The van der Waals surface area contributed by atoms with E-state index in [0.29, 0.717) is 23.0 Å². The Kier molecular flexibility index (Phi) is 7.69. The van der Waals surface area contributed by atoms with Gasteiger partial charge in [0.05, 0.1) is 18.3 Å². The predicted octanol–water partition coefficient (Wildman–Crippen LogP) is 2.92. The lowest BCUT2D eigenvalue weighted by Crippen LogP contribution is -2.43. The van der Waals surface area contributed by atoms with Crippen LogP contribution in [0.4, 0.5) is 23.1 Å². The Bertz CT molecular complexity index is 1210. The topological polar surface area (TPSA) is 145 Å². The number of rotatable bonds is 9. The van der Waals surface area contributed by atoms with Crippen LogP contribution in [0.2, 0.25) is 0 Å². The van der Waals surface area contributed by atoms with E-state index in [9.17, 15) is 9.59 Å². The van der Waals surface area contributed by atoms with Crippen LogP contribution >= 0.6 is 0 Å². The van der Waals surface area contributed by atoms with Gasteiger partial charge in [-0.2, -0.15) is 0 Å². The summed E-state index contributed by atoms with van der Waals surface area (Å²) in [6, 6.07) is 7.36. The number of carbonyl (C=O) groups excluding carboxylic acids is 1. The molecule has 3 aromatic heterocycles. The van der Waals surface area contributed by atoms with Gasteiger partial charge >= 0.3 is 5.97 Å². The molecule has 11 heteroatoms. The van der Waals surface area contributed by atoms with Gasteiger partial charge < -0.3 is 26.0 Å². The highest BCUT2D eigenvalue weighted by atomic mass is 16.4. The third-order valence-electron chi connectivity index (χ3n) is 5.68. The van der Waals surface area contributed by atoms with Crippen molar-refractivity contribution in [2.24, 2.45) is 5.41 Å². The number of aromatic nitrogens is 4. The van der Waals surface area contributed by atoms with Crippen LogP contribution in [0.1, 0.15) is 26.7 Å². The van der Waals surface area contributed by atoms with Crippen LogP contribution in [0.3, 0.4) is 0 Å². The SMILES string of the molecule is CC(C)(CC(=O)O)CC(=O)Nc1cc(Nc2cnccn2)nc(-c2ccnc(N3CCNCC3)c2)c1. The first-order valence-electron chi connectivity index (χ1n) is 11.8. The Morgan fingerprint density at radius 1 is 1.06 bits per heavy atom. The molecule has 1 saturated heterocycles. The molecular formula is C25H30N8O3. The summed E-state index contributed by atoms with van der Waals surface area (Å²) in [6.45, 7) is 7.05. The molecular weight excluding hydrogens is 460 g/mol. The monoisotopic (exact) mass is 490 g/mol. The lowest BCUT2D eigenvalue weighted by atomic mass is 9.85. The Balaban J connectivity index is 1.62. The minimum atomic E-state index is -0.938. The second-order valence-corrected chi connectivity index (χ2v) is 9.44. The predicted molar refractivity (Wildman–Crippen MR) is 137 cm³/mol. The normalized spacial score (nSPS) is 13.8. The van der Waals surface area contributed by atoms with Crippen LogP contribution in [0, 0.1) is 5.41 Å². The van der Waals surface area contributed by atoms with E-state index in [1.54, 1.807) is 50.8 Å². The number of anilines is 4. The summed E-state index contributed by atoms with van der Waals surface area (Å²) in [4.78, 5) is 43.7. The van der Waals surface area contributed by atoms with Gasteiger partial charge in [0, 0.05) is 68.5 Å². The average Bonchev–Trinajstić information content (AvgIpc) is 2.84. The zero-order valence-electron chi connectivity index (χ0n) is 20.4. The number of carboxylic acids is 1. The van der Waals surface area contributed by atoms with Crippen molar-refractivity contribution >= 4 is 35.0 Å². The summed E-state index contributed by atoms with van der Waals surface area (Å²) >= 11 is 0. The highest BCUT2D eigenvalue weighted by molar-refractivity contribution is 5.92. The lowest BCUT2D eigenvalue weighted by Gasteiger charge is -2.28. The number of nitrogens with one attached hydrogen (secondary N) is 3. The van der Waals surface area contributed by atoms with Gasteiger partial charge in [-0.15, -0.1) is 0 Å². The summed E-state index contributed by atoms with van der Waals surface area (Å²) in [5.41, 5.74) is 1.34. The molecule has 0 aliphatic carbocycles. The number of piperazine rings is 1. The van der Waals surface area contributed by atoms with Gasteiger partial charge in [0.2, 0.25) is 5.91 Å². The van der Waals surface area contributed by atoms with Crippen molar-refractivity contribution in [2.45, 2.75) is 26.7 Å². The fourth-order valence-electron chi connectivity index (χ4n) is 4.07. The highest BCUT2D eigenvalue weighted by Crippen LogP contribution is 2.29. The van der Waals surface area contributed by atoms with Gasteiger partial charge in [-0.25, -0.2) is 15.0 Å². The summed E-state index contributed by atoms with van der Waals surface area (Å²) in [5.74, 6) is 0.642. The second kappa shape index (κ2) is 11.1. The molecule has 4 rings (SSSR count). The zero-order chi connectivity index (χ0) is 25.5. The quantitative estimate of drug-likeness (QED) is 0.353. The molecule has 0 unspecified atom stereocenters. The third kappa shape index (κ3) is 6.95. The summed E-state index contributed by atoms with van der Waals surface area (Å²) < 4.78 is 0. The van der Waals surface area contributed by atoms with Crippen molar-refractivity contribution < 1.29 is 14.7 Å². The van der Waals surface area contributed by atoms with E-state index in [1.807, 2.05) is 12.1 Å². The molecule has 0 aromatic carbocycles. The highest BCUT2D eigenvalue weighted by Gasteiger charge is 2.25. The molecule has 1 aliphatic heterocycles. The molecule has 0 bridgehead atoms. The van der Waals surface area contributed by atoms with Gasteiger partial charge in [0.15, 0.2) is 0 Å². The molecule has 1 amide bonds. The first kappa shape index (κ1) is 25.0. The molecule has 3 aromatic rings. The molecule has 0 radical (unpaired) electrons. The van der Waals surface area contributed by atoms with Crippen LogP contribution < -0.4 is 20.9 Å². The van der Waals surface area contributed by atoms with Crippen molar-refractivity contribution in [1.29, 1.82) is 0 Å². The Hall–Kier alpha value is -4.12. The molecule has 4 N–H and O–H groups in total. The Morgan fingerprint density at radius 2 is 1.86 bits per heavy atom. The smallest absolute Gasteiger partial charge is 0.303 e. The van der Waals surface area contributed by atoms with Crippen molar-refractivity contribution in [3.8, 4) is 11.3 Å². The van der Waals surface area contributed by atoms with Crippen LogP contribution in [0.25, 0.3) is 11.3 Å². The first-order chi connectivity index (χ1) is 17.3. The molecule has 0 saturated carbocycles. The number of aliphatic carboxylic acids is 1. The minimum Gasteiger partial charge on any atom is -0.481 e. The van der Waals surface area contributed by atoms with Crippen LogP contribution in [-0.2, 0) is 9.59 Å². The Morgan fingerprint density at radius 3 is 2.58 bits per heavy atom. The molecule has 0 spiro atoms. The van der Waals surface area contributed by atoms with Gasteiger partial charge in [0.25, 0.3) is 0 Å². The van der Waals surface area contributed by atoms with Gasteiger partial charge in [0.1, 0.15) is 17.5 Å². The molecule has 1 aliphatic rings. The number of nitrogens with zero attached hydrogens (tertiary/aromatic N) is 5. The zero-order valence-corrected chi connectivity index (χ0v) is 20.4. The maximum atomic E-state index is 12.8. The standard InChI is InChI=1S/C25H30N8O3/c1-25(2,15-24(35)36)14-23(34)30-18-12-19(31-20(13-18)32-21-16-27-5-6-28-21)17-3-4-29-22(11-17)33-9-7-26-8-10-33/h3-6,11-13,16,26H,7-10,14-15H2,1-2H3,(H,35,36)(H2,28,30,31,32,34). The van der Waals surface area contributed by atoms with Gasteiger partial charge in [-0.3, -0.25) is 14.6 Å². The molecule has 188 valence electrons. The second-order valence-electron chi connectivity index (χ2n) is 9.44. The first-order valence-corrected chi connectivity index (χ1v) is 11.8. The van der Waals surface area contributed by atoms with E-state index in [-0.39, 0.29) is 18.7 Å². The number of hydrogen-bond acceptors (Lipinski definition) is 9. The average molecular weight is 491 g/mol. The fourth-order valence-corrected chi connectivity index (χ4v) is 4.07. The lowest BCUT2D eigenvalue weighted by molar-refractivity contribution is -0.139. The maximum Gasteiger partial charge on any atom is 0.303 e. The summed E-state index contributed by atoms with van der Waals surface area (Å²) in [6.07, 6.45) is 6.44. The summed E-state index contributed by atoms with van der Waals surface area (Å²) in [5, 5.41) is 18.5. The number of amides is 1. The van der Waals surface area contributed by atoms with Crippen molar-refractivity contribution in [2.75, 3.05) is 41.7 Å². The van der Waals surface area contributed by atoms with E-state index in [1.165, 1.54) is 0 Å². The number of carboxylic acid groups (broad SMARTS) is 1. The van der Waals surface area contributed by atoms with Crippen molar-refractivity contribution in [1.82, 2.24) is 25.3 Å². The summed E-state index contributed by atoms with van der Waals surface area (Å²) in [7, 11) is 0. The third-order valence-corrected chi connectivity index (χ3v) is 5.68. The number of hydrogen-bond donors (Lipinski definition) is 4. The largest absolute Gasteiger partial charge is 0.481 e. The Labute approximate surface area is 209 Å². The molecule has 1 fully saturated rings. The minimum absolute atomic E-state index is 0.0618. The molecule has 4 heterocycles. The van der Waals surface area contributed by atoms with Crippen molar-refractivity contribution in [3.63, 3.8) is 0 Å². The maximum absolute atomic E-state index is 12.8. The van der Waals surface area contributed by atoms with E-state index < -0.39 is 11.4 Å². The molecule has 11 nitrogen and oxygen atoms in total.